The first kappa shape index (κ1) is 22.0. The van der Waals surface area contributed by atoms with Gasteiger partial charge in [0.15, 0.2) is 5.82 Å². The Bertz CT molecular complexity index is 1250. The molecular formula is C24H26FN7O2. The number of aromatic nitrogens is 4. The van der Waals surface area contributed by atoms with E-state index in [4.69, 9.17) is 0 Å². The molecule has 2 aromatic heterocycles. The summed E-state index contributed by atoms with van der Waals surface area (Å²) in [7, 11) is 0. The molecule has 0 atom stereocenters. The second-order valence-corrected chi connectivity index (χ2v) is 8.95. The Morgan fingerprint density at radius 3 is 2.53 bits per heavy atom. The maximum atomic E-state index is 14.9. The van der Waals surface area contributed by atoms with Crippen LogP contribution in [0.15, 0.2) is 36.7 Å². The number of urea groups is 1. The Morgan fingerprint density at radius 2 is 1.79 bits per heavy atom. The monoisotopic (exact) mass is 463 g/mol. The van der Waals surface area contributed by atoms with Crippen LogP contribution in [-0.2, 0) is 13.1 Å². The predicted molar refractivity (Wildman–Crippen MR) is 123 cm³/mol. The van der Waals surface area contributed by atoms with Gasteiger partial charge in [-0.15, -0.1) is 10.2 Å². The molecule has 2 aliphatic rings. The van der Waals surface area contributed by atoms with Gasteiger partial charge in [-0.3, -0.25) is 4.79 Å². The van der Waals surface area contributed by atoms with Crippen molar-refractivity contribution in [1.82, 2.24) is 29.5 Å². The fraction of sp³-hybridized carbons (Fsp3) is 0.375. The largest absolute Gasteiger partial charge is 0.325 e. The molecule has 0 unspecified atom stereocenters. The Balaban J connectivity index is 1.33. The lowest BCUT2D eigenvalue weighted by atomic mass is 10.1. The third kappa shape index (κ3) is 4.11. The SMILES string of the molecule is CC(C)n1cnnc1-c1cccc(NC(=O)c2cc3c(cc2F)CN(C(=O)N2CCCC2)C3)n1. The van der Waals surface area contributed by atoms with E-state index in [0.29, 0.717) is 24.6 Å². The lowest BCUT2D eigenvalue weighted by molar-refractivity contribution is 0.102. The summed E-state index contributed by atoms with van der Waals surface area (Å²) in [6, 6.07) is 8.17. The minimum absolute atomic E-state index is 0.0321. The summed E-state index contributed by atoms with van der Waals surface area (Å²) in [5.41, 5.74) is 1.99. The van der Waals surface area contributed by atoms with Crippen LogP contribution in [0.3, 0.4) is 0 Å². The number of nitrogens with one attached hydrogen (secondary N) is 1. The molecule has 0 radical (unpaired) electrons. The van der Waals surface area contributed by atoms with E-state index in [1.54, 1.807) is 29.4 Å². The number of benzene rings is 1. The number of likely N-dealkylation sites (tertiary alicyclic amines) is 1. The molecule has 34 heavy (non-hydrogen) atoms. The fourth-order valence-corrected chi connectivity index (χ4v) is 4.45. The predicted octanol–water partition coefficient (Wildman–Crippen LogP) is 3.84. The van der Waals surface area contributed by atoms with Crippen molar-refractivity contribution >= 4 is 17.8 Å². The standard InChI is InChI=1S/C24H26FN7O2/c1-15(2)32-14-26-29-22(32)20-6-5-7-21(27-20)28-23(33)18-10-16-12-31(13-17(16)11-19(18)25)24(34)30-8-3-4-9-30/h5-7,10-11,14-15H,3-4,8-9,12-13H2,1-2H3,(H,27,28,33). The van der Waals surface area contributed by atoms with Gasteiger partial charge in [0.1, 0.15) is 23.7 Å². The molecule has 3 amide bonds. The second kappa shape index (κ2) is 8.85. The number of hydrogen-bond donors (Lipinski definition) is 1. The van der Waals surface area contributed by atoms with Crippen LogP contribution in [0.25, 0.3) is 11.5 Å². The van der Waals surface area contributed by atoms with Crippen molar-refractivity contribution in [3.8, 4) is 11.5 Å². The molecule has 0 aliphatic carbocycles. The third-order valence-corrected chi connectivity index (χ3v) is 6.25. The number of nitrogens with zero attached hydrogens (tertiary/aromatic N) is 6. The minimum atomic E-state index is -0.623. The van der Waals surface area contributed by atoms with Crippen molar-refractivity contribution in [2.75, 3.05) is 18.4 Å². The summed E-state index contributed by atoms with van der Waals surface area (Å²) in [5, 5.41) is 10.8. The summed E-state index contributed by atoms with van der Waals surface area (Å²) < 4.78 is 16.7. The number of fused-ring (bicyclic) bond motifs is 1. The first-order valence-electron chi connectivity index (χ1n) is 11.4. The molecule has 1 aromatic carbocycles. The zero-order valence-electron chi connectivity index (χ0n) is 19.2. The summed E-state index contributed by atoms with van der Waals surface area (Å²) in [5.74, 6) is -0.355. The highest BCUT2D eigenvalue weighted by Crippen LogP contribution is 2.28. The van der Waals surface area contributed by atoms with E-state index in [9.17, 15) is 14.0 Å². The van der Waals surface area contributed by atoms with Gasteiger partial charge in [-0.05, 0) is 62.1 Å². The lowest BCUT2D eigenvalue weighted by Gasteiger charge is -2.23. The number of amides is 3. The maximum absolute atomic E-state index is 14.9. The van der Waals surface area contributed by atoms with E-state index >= 15 is 0 Å². The maximum Gasteiger partial charge on any atom is 0.320 e. The molecule has 4 heterocycles. The molecule has 1 saturated heterocycles. The molecule has 3 aromatic rings. The number of rotatable bonds is 4. The van der Waals surface area contributed by atoms with Gasteiger partial charge in [0.25, 0.3) is 5.91 Å². The van der Waals surface area contributed by atoms with Gasteiger partial charge in [-0.25, -0.2) is 14.2 Å². The molecule has 5 rings (SSSR count). The van der Waals surface area contributed by atoms with Crippen molar-refractivity contribution in [3.05, 3.63) is 59.2 Å². The van der Waals surface area contributed by atoms with Crippen LogP contribution in [0.4, 0.5) is 15.0 Å². The van der Waals surface area contributed by atoms with Gasteiger partial charge in [-0.2, -0.15) is 0 Å². The van der Waals surface area contributed by atoms with Gasteiger partial charge >= 0.3 is 6.03 Å². The second-order valence-electron chi connectivity index (χ2n) is 8.95. The number of halogens is 1. The third-order valence-electron chi connectivity index (χ3n) is 6.25. The van der Waals surface area contributed by atoms with Crippen LogP contribution in [0.5, 0.6) is 0 Å². The molecular weight excluding hydrogens is 437 g/mol. The summed E-state index contributed by atoms with van der Waals surface area (Å²) in [6.45, 7) is 6.25. The van der Waals surface area contributed by atoms with Gasteiger partial charge in [0, 0.05) is 32.2 Å². The molecule has 1 fully saturated rings. The number of pyridine rings is 1. The van der Waals surface area contributed by atoms with E-state index in [2.05, 4.69) is 20.5 Å². The zero-order chi connectivity index (χ0) is 23.8. The minimum Gasteiger partial charge on any atom is -0.325 e. The number of carbonyl (C=O) groups excluding carboxylic acids is 2. The molecule has 10 heteroatoms. The van der Waals surface area contributed by atoms with Crippen LogP contribution in [0, 0.1) is 5.82 Å². The van der Waals surface area contributed by atoms with Crippen LogP contribution >= 0.6 is 0 Å². The van der Waals surface area contributed by atoms with Crippen LogP contribution in [0.1, 0.15) is 54.2 Å². The van der Waals surface area contributed by atoms with Crippen molar-refractivity contribution in [3.63, 3.8) is 0 Å². The highest BCUT2D eigenvalue weighted by atomic mass is 19.1. The van der Waals surface area contributed by atoms with Crippen molar-refractivity contribution < 1.29 is 14.0 Å². The van der Waals surface area contributed by atoms with E-state index in [0.717, 1.165) is 37.1 Å². The van der Waals surface area contributed by atoms with E-state index < -0.39 is 11.7 Å². The van der Waals surface area contributed by atoms with Gasteiger partial charge < -0.3 is 19.7 Å². The molecule has 0 bridgehead atoms. The average molecular weight is 464 g/mol. The van der Waals surface area contributed by atoms with Crippen LogP contribution < -0.4 is 5.32 Å². The van der Waals surface area contributed by atoms with E-state index in [1.807, 2.05) is 23.3 Å². The first-order valence-corrected chi connectivity index (χ1v) is 11.4. The smallest absolute Gasteiger partial charge is 0.320 e. The topological polar surface area (TPSA) is 96.2 Å². The van der Waals surface area contributed by atoms with Gasteiger partial charge in [0.05, 0.1) is 5.56 Å². The fourth-order valence-electron chi connectivity index (χ4n) is 4.45. The summed E-state index contributed by atoms with van der Waals surface area (Å²) in [6.07, 6.45) is 3.65. The summed E-state index contributed by atoms with van der Waals surface area (Å²) >= 11 is 0. The molecule has 1 N–H and O–H groups in total. The molecule has 2 aliphatic heterocycles. The summed E-state index contributed by atoms with van der Waals surface area (Å²) in [4.78, 5) is 33.6. The Labute approximate surface area is 196 Å². The van der Waals surface area contributed by atoms with E-state index in [-0.39, 0.29) is 23.5 Å². The van der Waals surface area contributed by atoms with Crippen molar-refractivity contribution in [2.24, 2.45) is 0 Å². The first-order chi connectivity index (χ1) is 16.4. The van der Waals surface area contributed by atoms with E-state index in [1.165, 1.54) is 12.1 Å². The van der Waals surface area contributed by atoms with Gasteiger partial charge in [-0.1, -0.05) is 6.07 Å². The average Bonchev–Trinajstić information content (AvgIpc) is 3.58. The molecule has 9 nitrogen and oxygen atoms in total. The highest BCUT2D eigenvalue weighted by Gasteiger charge is 2.30. The quantitative estimate of drug-likeness (QED) is 0.634. The lowest BCUT2D eigenvalue weighted by Crippen LogP contribution is -2.38. The Hall–Kier alpha value is -3.82. The normalized spacial score (nSPS) is 15.2. The Morgan fingerprint density at radius 1 is 1.06 bits per heavy atom. The number of hydrogen-bond acceptors (Lipinski definition) is 5. The number of anilines is 1. The van der Waals surface area contributed by atoms with Gasteiger partial charge in [0.2, 0.25) is 0 Å². The highest BCUT2D eigenvalue weighted by molar-refractivity contribution is 6.04. The zero-order valence-corrected chi connectivity index (χ0v) is 19.2. The van der Waals surface area contributed by atoms with Crippen LogP contribution in [0.2, 0.25) is 0 Å². The van der Waals surface area contributed by atoms with Crippen LogP contribution in [-0.4, -0.2) is 54.6 Å². The molecule has 0 saturated carbocycles. The molecule has 0 spiro atoms. The van der Waals surface area contributed by atoms with Crippen molar-refractivity contribution in [2.45, 2.75) is 45.8 Å². The molecule has 176 valence electrons. The number of carbonyl (C=O) groups is 2. The Kier molecular flexibility index (Phi) is 5.72. The van der Waals surface area contributed by atoms with Crippen molar-refractivity contribution in [1.29, 1.82) is 0 Å².